The second-order valence-electron chi connectivity index (χ2n) is 9.16. The Labute approximate surface area is 219 Å². The van der Waals surface area contributed by atoms with Crippen molar-refractivity contribution in [1.82, 2.24) is 4.90 Å². The Morgan fingerprint density at radius 2 is 0.969 bits per heavy atom. The van der Waals surface area contributed by atoms with Gasteiger partial charge in [-0.25, -0.2) is 0 Å². The third-order valence-corrected chi connectivity index (χ3v) is 9.46. The molecule has 0 bridgehead atoms. The van der Waals surface area contributed by atoms with Crippen molar-refractivity contribution in [3.8, 4) is 0 Å². The predicted molar refractivity (Wildman–Crippen MR) is 160 cm³/mol. The van der Waals surface area contributed by atoms with E-state index in [0.29, 0.717) is 16.4 Å². The molecule has 2 atom stereocenters. The molecule has 32 heavy (non-hydrogen) atoms. The molecule has 0 aromatic carbocycles. The summed E-state index contributed by atoms with van der Waals surface area (Å²) in [6.45, 7) is 9.20. The van der Waals surface area contributed by atoms with Gasteiger partial charge in [0.25, 0.3) is 0 Å². The highest BCUT2D eigenvalue weighted by Gasteiger charge is 2.28. The molecule has 0 radical (unpaired) electrons. The van der Waals surface area contributed by atoms with Crippen LogP contribution < -0.4 is 5.73 Å². The van der Waals surface area contributed by atoms with Crippen molar-refractivity contribution >= 4 is 54.7 Å². The lowest BCUT2D eigenvalue weighted by Crippen LogP contribution is -2.45. The molecule has 0 saturated heterocycles. The van der Waals surface area contributed by atoms with Gasteiger partial charge in [-0.1, -0.05) is 142 Å². The Kier molecular flexibility index (Phi) is 23.6. The molecule has 0 saturated carbocycles. The molecule has 0 aromatic rings. The zero-order valence-corrected chi connectivity index (χ0v) is 24.8. The van der Waals surface area contributed by atoms with Crippen molar-refractivity contribution in [3.05, 3.63) is 0 Å². The molecular formula is C26H52N2S4. The predicted octanol–water partition coefficient (Wildman–Crippen LogP) is 10.0. The highest BCUT2D eigenvalue weighted by molar-refractivity contribution is 8.89. The van der Waals surface area contributed by atoms with Gasteiger partial charge in [-0.2, -0.15) is 0 Å². The van der Waals surface area contributed by atoms with E-state index in [-0.39, 0.29) is 0 Å². The molecule has 6 heteroatoms. The summed E-state index contributed by atoms with van der Waals surface area (Å²) in [5.41, 5.74) is 5.80. The van der Waals surface area contributed by atoms with Crippen LogP contribution in [0.25, 0.3) is 0 Å². The molecule has 0 aliphatic carbocycles. The van der Waals surface area contributed by atoms with Gasteiger partial charge in [-0.15, -0.1) is 0 Å². The van der Waals surface area contributed by atoms with Gasteiger partial charge in [0, 0.05) is 12.1 Å². The van der Waals surface area contributed by atoms with E-state index in [1.807, 2.05) is 0 Å². The summed E-state index contributed by atoms with van der Waals surface area (Å²) < 4.78 is 1.48. The number of hydrogen-bond donors (Lipinski definition) is 1. The second kappa shape index (κ2) is 23.2. The van der Waals surface area contributed by atoms with Crippen molar-refractivity contribution in [2.24, 2.45) is 5.73 Å². The number of rotatable bonds is 20. The van der Waals surface area contributed by atoms with Gasteiger partial charge < -0.3 is 10.6 Å². The number of nitrogens with zero attached hydrogens (tertiary/aromatic N) is 1. The number of thiocarbonyl (C=S) groups is 2. The second-order valence-corrected chi connectivity index (χ2v) is 12.7. The van der Waals surface area contributed by atoms with Crippen LogP contribution in [0.5, 0.6) is 0 Å². The minimum Gasteiger partial charge on any atom is -0.384 e. The number of nitrogens with two attached hydrogens (primary N) is 1. The minimum absolute atomic E-state index is 0.478. The smallest absolute Gasteiger partial charge is 0.147 e. The Balaban J connectivity index is 5.43. The third-order valence-electron chi connectivity index (χ3n) is 6.26. The standard InChI is InChI=1S/C26H52N2S4/c1-5-9-13-15-17-21-23(19-11-7-3)28(26(30)32-31-25(27)29)24(20-12-8-4)22-18-16-14-10-6-2/h23-24H,5-22H2,1-4H3,(H2,27,29). The first-order chi connectivity index (χ1) is 15.5. The molecule has 0 aliphatic heterocycles. The zero-order chi connectivity index (χ0) is 24.0. The van der Waals surface area contributed by atoms with Crippen molar-refractivity contribution in [3.63, 3.8) is 0 Å². The van der Waals surface area contributed by atoms with Crippen molar-refractivity contribution in [2.75, 3.05) is 0 Å². The Morgan fingerprint density at radius 1 is 0.594 bits per heavy atom. The van der Waals surface area contributed by atoms with Gasteiger partial charge in [0.15, 0.2) is 0 Å². The van der Waals surface area contributed by atoms with E-state index in [1.165, 1.54) is 126 Å². The van der Waals surface area contributed by atoms with Gasteiger partial charge in [0.2, 0.25) is 0 Å². The van der Waals surface area contributed by atoms with Crippen LogP contribution in [-0.2, 0) is 0 Å². The average Bonchev–Trinajstić information content (AvgIpc) is 2.78. The fraction of sp³-hybridized carbons (Fsp3) is 0.923. The quantitative estimate of drug-likeness (QED) is 0.0975. The van der Waals surface area contributed by atoms with Gasteiger partial charge >= 0.3 is 0 Å². The highest BCUT2D eigenvalue weighted by atomic mass is 33.1. The van der Waals surface area contributed by atoms with Crippen LogP contribution in [0.2, 0.25) is 0 Å². The minimum atomic E-state index is 0.478. The molecular weight excluding hydrogens is 469 g/mol. The molecule has 0 amide bonds. The molecule has 0 heterocycles. The lowest BCUT2D eigenvalue weighted by Gasteiger charge is -2.40. The van der Waals surface area contributed by atoms with Gasteiger partial charge in [0.05, 0.1) is 0 Å². The molecule has 0 fully saturated rings. The summed E-state index contributed by atoms with van der Waals surface area (Å²) in [5, 5.41) is 0. The van der Waals surface area contributed by atoms with Gasteiger partial charge in [-0.3, -0.25) is 0 Å². The Bertz CT molecular complexity index is 433. The largest absolute Gasteiger partial charge is 0.384 e. The van der Waals surface area contributed by atoms with Crippen LogP contribution in [0.1, 0.15) is 143 Å². The molecule has 0 aromatic heterocycles. The van der Waals surface area contributed by atoms with E-state index < -0.39 is 0 Å². The third kappa shape index (κ3) is 17.0. The maximum atomic E-state index is 6.04. The van der Waals surface area contributed by atoms with E-state index in [9.17, 15) is 0 Å². The maximum Gasteiger partial charge on any atom is 0.147 e. The first-order valence-corrected chi connectivity index (χ1v) is 16.4. The van der Waals surface area contributed by atoms with Crippen LogP contribution in [0.15, 0.2) is 0 Å². The van der Waals surface area contributed by atoms with Crippen LogP contribution in [0.4, 0.5) is 0 Å². The first kappa shape index (κ1) is 32.5. The summed E-state index contributed by atoms with van der Waals surface area (Å²) >= 11 is 11.2. The lowest BCUT2D eigenvalue weighted by molar-refractivity contribution is 0.191. The van der Waals surface area contributed by atoms with Crippen LogP contribution in [0, 0.1) is 0 Å². The molecule has 190 valence electrons. The normalized spacial score (nSPS) is 13.1. The summed E-state index contributed by atoms with van der Waals surface area (Å²) in [7, 11) is 3.08. The summed E-state index contributed by atoms with van der Waals surface area (Å²) in [5.74, 6) is 0. The molecule has 0 aliphatic rings. The van der Waals surface area contributed by atoms with Crippen molar-refractivity contribution in [1.29, 1.82) is 0 Å². The summed E-state index contributed by atoms with van der Waals surface area (Å²) in [6, 6.07) is 1.11. The maximum absolute atomic E-state index is 6.04. The fourth-order valence-corrected chi connectivity index (χ4v) is 6.57. The fourth-order valence-electron chi connectivity index (χ4n) is 4.41. The highest BCUT2D eigenvalue weighted by Crippen LogP contribution is 2.33. The molecule has 2 nitrogen and oxygen atoms in total. The summed E-state index contributed by atoms with van der Waals surface area (Å²) in [6.07, 6.45) is 23.5. The average molecular weight is 521 g/mol. The topological polar surface area (TPSA) is 29.3 Å². The molecule has 0 spiro atoms. The Hall–Kier alpha value is 0.480. The molecule has 2 unspecified atom stereocenters. The molecule has 0 rings (SSSR count). The monoisotopic (exact) mass is 520 g/mol. The Morgan fingerprint density at radius 3 is 1.34 bits per heavy atom. The SMILES string of the molecule is CCCCCCCC(CCCC)N(C(=S)SSC(N)=S)C(CCCC)CCCCCCC. The van der Waals surface area contributed by atoms with E-state index >= 15 is 0 Å². The van der Waals surface area contributed by atoms with E-state index in [2.05, 4.69) is 32.6 Å². The van der Waals surface area contributed by atoms with E-state index in [1.54, 1.807) is 10.8 Å². The number of unbranched alkanes of at least 4 members (excludes halogenated alkanes) is 10. The zero-order valence-electron chi connectivity index (χ0n) is 21.5. The number of hydrogen-bond acceptors (Lipinski definition) is 4. The van der Waals surface area contributed by atoms with Crippen LogP contribution in [0.3, 0.4) is 0 Å². The lowest BCUT2D eigenvalue weighted by atomic mass is 9.95. The van der Waals surface area contributed by atoms with Gasteiger partial charge in [-0.05, 0) is 47.3 Å². The summed E-state index contributed by atoms with van der Waals surface area (Å²) in [4.78, 5) is 2.66. The van der Waals surface area contributed by atoms with Gasteiger partial charge in [0.1, 0.15) is 8.64 Å². The van der Waals surface area contributed by atoms with Crippen molar-refractivity contribution < 1.29 is 0 Å². The van der Waals surface area contributed by atoms with Crippen LogP contribution >= 0.6 is 46.0 Å². The van der Waals surface area contributed by atoms with Crippen molar-refractivity contribution in [2.45, 2.75) is 155 Å². The van der Waals surface area contributed by atoms with Crippen LogP contribution in [-0.4, -0.2) is 25.6 Å². The van der Waals surface area contributed by atoms with E-state index in [4.69, 9.17) is 30.2 Å². The molecule has 2 N–H and O–H groups in total. The first-order valence-electron chi connectivity index (χ1n) is 13.5. The van der Waals surface area contributed by atoms with E-state index in [0.717, 1.165) is 4.32 Å².